The topological polar surface area (TPSA) is 64.1 Å². The molecule has 2 N–H and O–H groups in total. The number of methoxy groups -OCH3 is 3. The molecule has 2 rings (SSSR count). The van der Waals surface area contributed by atoms with Crippen molar-refractivity contribution in [2.45, 2.75) is 25.8 Å². The van der Waals surface area contributed by atoms with E-state index in [2.05, 4.69) is 15.6 Å². The molecule has 8 heteroatoms. The summed E-state index contributed by atoms with van der Waals surface area (Å²) >= 11 is 1.67. The van der Waals surface area contributed by atoms with Gasteiger partial charge in [0.2, 0.25) is 5.75 Å². The van der Waals surface area contributed by atoms with Gasteiger partial charge in [0.15, 0.2) is 17.5 Å². The zero-order valence-corrected chi connectivity index (χ0v) is 19.0. The third-order valence-electron chi connectivity index (χ3n) is 4.40. The van der Waals surface area contributed by atoms with E-state index < -0.39 is 0 Å². The van der Waals surface area contributed by atoms with Crippen molar-refractivity contribution in [2.24, 2.45) is 4.99 Å². The first-order chi connectivity index (χ1) is 14.6. The molecule has 0 aliphatic rings. The number of aliphatic imine (C=N–C) groups is 1. The van der Waals surface area contributed by atoms with Crippen LogP contribution in [0.2, 0.25) is 0 Å². The van der Waals surface area contributed by atoms with Gasteiger partial charge >= 0.3 is 0 Å². The van der Waals surface area contributed by atoms with Gasteiger partial charge in [0.05, 0.1) is 27.9 Å². The number of halogens is 1. The Bertz CT molecular complexity index is 837. The number of ether oxygens (including phenoxy) is 3. The number of hydrogen-bond donors (Lipinski definition) is 2. The normalized spacial score (nSPS) is 11.2. The van der Waals surface area contributed by atoms with Crippen molar-refractivity contribution in [2.75, 3.05) is 34.1 Å². The Morgan fingerprint density at radius 3 is 2.27 bits per heavy atom. The van der Waals surface area contributed by atoms with Crippen LogP contribution in [-0.4, -0.2) is 40.1 Å². The van der Waals surface area contributed by atoms with Crippen molar-refractivity contribution in [1.82, 2.24) is 10.6 Å². The molecule has 0 spiro atoms. The van der Waals surface area contributed by atoms with Gasteiger partial charge in [-0.1, -0.05) is 6.07 Å². The molecule has 0 saturated carbocycles. The predicted molar refractivity (Wildman–Crippen MR) is 121 cm³/mol. The molecule has 164 valence electrons. The van der Waals surface area contributed by atoms with Crippen molar-refractivity contribution in [3.8, 4) is 17.2 Å². The molecule has 0 saturated heterocycles. The molecule has 6 nitrogen and oxygen atoms in total. The lowest BCUT2D eigenvalue weighted by Gasteiger charge is -2.15. The maximum Gasteiger partial charge on any atom is 0.203 e. The number of nitrogens with zero attached hydrogens (tertiary/aromatic N) is 1. The van der Waals surface area contributed by atoms with Crippen LogP contribution >= 0.6 is 11.8 Å². The van der Waals surface area contributed by atoms with Gasteiger partial charge < -0.3 is 24.8 Å². The molecule has 30 heavy (non-hydrogen) atoms. The minimum Gasteiger partial charge on any atom is -0.493 e. The monoisotopic (exact) mass is 435 g/mol. The van der Waals surface area contributed by atoms with E-state index in [0.717, 1.165) is 29.0 Å². The largest absolute Gasteiger partial charge is 0.493 e. The first kappa shape index (κ1) is 23.7. The minimum absolute atomic E-state index is 0.217. The zero-order valence-electron chi connectivity index (χ0n) is 18.2. The molecule has 0 amide bonds. The molecule has 0 atom stereocenters. The van der Waals surface area contributed by atoms with Crippen molar-refractivity contribution in [1.29, 1.82) is 0 Å². The fraction of sp³-hybridized carbons (Fsp3) is 0.409. The molecule has 0 bridgehead atoms. The van der Waals surface area contributed by atoms with Crippen LogP contribution in [0.3, 0.4) is 0 Å². The molecule has 0 unspecified atom stereocenters. The highest BCUT2D eigenvalue weighted by Crippen LogP contribution is 2.38. The molecule has 0 aromatic heterocycles. The van der Waals surface area contributed by atoms with Gasteiger partial charge in [0, 0.05) is 18.8 Å². The maximum absolute atomic E-state index is 13.6. The summed E-state index contributed by atoms with van der Waals surface area (Å²) in [6.07, 6.45) is 2.01. The number of thioether (sulfide) groups is 1. The van der Waals surface area contributed by atoms with Crippen molar-refractivity contribution in [3.05, 3.63) is 52.8 Å². The molecule has 2 aromatic rings. The summed E-state index contributed by atoms with van der Waals surface area (Å²) < 4.78 is 29.8. The van der Waals surface area contributed by atoms with E-state index in [1.807, 2.05) is 31.4 Å². The highest BCUT2D eigenvalue weighted by Gasteiger charge is 2.13. The summed E-state index contributed by atoms with van der Waals surface area (Å²) in [5, 5.41) is 6.56. The Morgan fingerprint density at radius 2 is 1.70 bits per heavy atom. The van der Waals surface area contributed by atoms with Crippen LogP contribution < -0.4 is 24.8 Å². The summed E-state index contributed by atoms with van der Waals surface area (Å²) in [6, 6.07) is 8.65. The third-order valence-corrected chi connectivity index (χ3v) is 5.00. The average Bonchev–Trinajstić information content (AvgIpc) is 2.76. The Balaban J connectivity index is 2.17. The van der Waals surface area contributed by atoms with Gasteiger partial charge in [0.1, 0.15) is 5.82 Å². The Morgan fingerprint density at radius 1 is 1.00 bits per heavy atom. The lowest BCUT2D eigenvalue weighted by Crippen LogP contribution is -2.37. The van der Waals surface area contributed by atoms with Crippen molar-refractivity contribution in [3.63, 3.8) is 0 Å². The highest BCUT2D eigenvalue weighted by molar-refractivity contribution is 7.97. The molecule has 0 aliphatic heterocycles. The van der Waals surface area contributed by atoms with Gasteiger partial charge in [-0.3, -0.25) is 0 Å². The van der Waals surface area contributed by atoms with Gasteiger partial charge in [-0.05, 0) is 54.1 Å². The summed E-state index contributed by atoms with van der Waals surface area (Å²) in [6.45, 7) is 3.71. The minimum atomic E-state index is -0.217. The van der Waals surface area contributed by atoms with Gasteiger partial charge in [-0.25, -0.2) is 9.38 Å². The number of rotatable bonds is 10. The van der Waals surface area contributed by atoms with Crippen LogP contribution in [-0.2, 0) is 18.8 Å². The van der Waals surface area contributed by atoms with Gasteiger partial charge in [-0.2, -0.15) is 11.8 Å². The van der Waals surface area contributed by atoms with Crippen molar-refractivity contribution >= 4 is 17.7 Å². The molecule has 0 fully saturated rings. The predicted octanol–water partition coefficient (Wildman–Crippen LogP) is 3.97. The quantitative estimate of drug-likeness (QED) is 0.435. The SMILES string of the molecule is CCNC(=NCc1cc(OC)c(OC)c(OC)c1)NCc1ccc(F)cc1CSC. The Labute approximate surface area is 182 Å². The summed E-state index contributed by atoms with van der Waals surface area (Å²) in [4.78, 5) is 4.66. The molecule has 0 radical (unpaired) electrons. The first-order valence-electron chi connectivity index (χ1n) is 9.63. The second-order valence-electron chi connectivity index (χ2n) is 6.43. The highest BCUT2D eigenvalue weighted by atomic mass is 32.2. The molecular formula is C22H30FN3O3S. The van der Waals surface area contributed by atoms with E-state index in [0.29, 0.717) is 36.3 Å². The second-order valence-corrected chi connectivity index (χ2v) is 7.29. The van der Waals surface area contributed by atoms with E-state index in [1.54, 1.807) is 39.2 Å². The van der Waals surface area contributed by atoms with E-state index in [9.17, 15) is 4.39 Å². The molecule has 0 aliphatic carbocycles. The van der Waals surface area contributed by atoms with Crippen LogP contribution in [0.25, 0.3) is 0 Å². The fourth-order valence-electron chi connectivity index (χ4n) is 2.97. The number of guanidine groups is 1. The maximum atomic E-state index is 13.6. The average molecular weight is 436 g/mol. The van der Waals surface area contributed by atoms with E-state index in [-0.39, 0.29) is 5.82 Å². The fourth-order valence-corrected chi connectivity index (χ4v) is 3.55. The van der Waals surface area contributed by atoms with E-state index in [4.69, 9.17) is 14.2 Å². The second kappa shape index (κ2) is 12.2. The van der Waals surface area contributed by atoms with Gasteiger partial charge in [-0.15, -0.1) is 0 Å². The van der Waals surface area contributed by atoms with Crippen LogP contribution in [0.15, 0.2) is 35.3 Å². The number of hydrogen-bond acceptors (Lipinski definition) is 5. The van der Waals surface area contributed by atoms with E-state index in [1.165, 1.54) is 6.07 Å². The summed E-state index contributed by atoms with van der Waals surface area (Å²) in [5.41, 5.74) is 2.95. The number of benzene rings is 2. The lowest BCUT2D eigenvalue weighted by molar-refractivity contribution is 0.324. The van der Waals surface area contributed by atoms with Crippen LogP contribution in [0.4, 0.5) is 4.39 Å². The third kappa shape index (κ3) is 6.45. The summed E-state index contributed by atoms with van der Waals surface area (Å²) in [7, 11) is 4.75. The Hall–Kier alpha value is -2.61. The van der Waals surface area contributed by atoms with Crippen LogP contribution in [0.1, 0.15) is 23.6 Å². The smallest absolute Gasteiger partial charge is 0.203 e. The molecule has 0 heterocycles. The number of nitrogens with one attached hydrogen (secondary N) is 2. The van der Waals surface area contributed by atoms with Crippen LogP contribution in [0.5, 0.6) is 17.2 Å². The van der Waals surface area contributed by atoms with E-state index >= 15 is 0 Å². The van der Waals surface area contributed by atoms with Gasteiger partial charge in [0.25, 0.3) is 0 Å². The molecule has 2 aromatic carbocycles. The lowest BCUT2D eigenvalue weighted by atomic mass is 10.1. The Kier molecular flexibility index (Phi) is 9.60. The van der Waals surface area contributed by atoms with Crippen molar-refractivity contribution < 1.29 is 18.6 Å². The summed E-state index contributed by atoms with van der Waals surface area (Å²) in [5.74, 6) is 2.95. The molecular weight excluding hydrogens is 405 g/mol. The standard InChI is InChI=1S/C22H30FN3O3S/c1-6-24-22(26-13-16-7-8-18(23)11-17(16)14-30-5)25-12-15-9-19(27-2)21(29-4)20(10-15)28-3/h7-11H,6,12-14H2,1-5H3,(H2,24,25,26). The first-order valence-corrected chi connectivity index (χ1v) is 11.0. The zero-order chi connectivity index (χ0) is 21.9. The van der Waals surface area contributed by atoms with Crippen LogP contribution in [0, 0.1) is 5.82 Å².